The molecule has 0 aliphatic heterocycles. The van der Waals surface area contributed by atoms with Crippen LogP contribution in [0.5, 0.6) is 0 Å². The van der Waals surface area contributed by atoms with Crippen molar-refractivity contribution in [2.45, 2.75) is 18.8 Å². The highest BCUT2D eigenvalue weighted by molar-refractivity contribution is 6.31. The highest BCUT2D eigenvalue weighted by atomic mass is 35.5. The van der Waals surface area contributed by atoms with Gasteiger partial charge in [0.2, 0.25) is 0 Å². The maximum Gasteiger partial charge on any atom is 0.312 e. The molecule has 0 bridgehead atoms. The van der Waals surface area contributed by atoms with Crippen molar-refractivity contribution in [2.24, 2.45) is 5.73 Å². The second kappa shape index (κ2) is 4.98. The summed E-state index contributed by atoms with van der Waals surface area (Å²) < 4.78 is 26.0. The van der Waals surface area contributed by atoms with Gasteiger partial charge in [-0.3, -0.25) is 4.79 Å². The summed E-state index contributed by atoms with van der Waals surface area (Å²) in [6, 6.07) is 3.51. The summed E-state index contributed by atoms with van der Waals surface area (Å²) >= 11 is 5.80. The molecule has 0 saturated heterocycles. The normalized spacial score (nSPS) is 13.5. The molecule has 0 radical (unpaired) electrons. The van der Waals surface area contributed by atoms with Gasteiger partial charge in [-0.05, 0) is 11.6 Å². The van der Waals surface area contributed by atoms with Gasteiger partial charge < -0.3 is 10.8 Å². The lowest BCUT2D eigenvalue weighted by atomic mass is 9.97. The van der Waals surface area contributed by atoms with Gasteiger partial charge in [0.05, 0.1) is 5.92 Å². The van der Waals surface area contributed by atoms with Crippen LogP contribution < -0.4 is 5.73 Å². The summed E-state index contributed by atoms with van der Waals surface area (Å²) in [4.78, 5) is 10.9. The summed E-state index contributed by atoms with van der Waals surface area (Å²) in [5, 5.41) is 8.88. The fourth-order valence-corrected chi connectivity index (χ4v) is 1.76. The molecule has 0 spiro atoms. The predicted octanol–water partition coefficient (Wildman–Crippen LogP) is 2.58. The number of halogens is 3. The first-order chi connectivity index (χ1) is 7.77. The third-order valence-corrected chi connectivity index (χ3v) is 2.74. The first-order valence-corrected chi connectivity index (χ1v) is 5.25. The molecule has 1 unspecified atom stereocenters. The van der Waals surface area contributed by atoms with Crippen LogP contribution >= 0.6 is 11.6 Å². The van der Waals surface area contributed by atoms with Crippen LogP contribution in [0.3, 0.4) is 0 Å². The topological polar surface area (TPSA) is 63.3 Å². The van der Waals surface area contributed by atoms with Crippen molar-refractivity contribution in [2.75, 3.05) is 6.54 Å². The van der Waals surface area contributed by atoms with Crippen molar-refractivity contribution in [3.63, 3.8) is 0 Å². The molecule has 1 aromatic carbocycles. The van der Waals surface area contributed by atoms with Crippen LogP contribution in [0, 0.1) is 0 Å². The Balaban J connectivity index is 3.18. The first-order valence-electron chi connectivity index (χ1n) is 4.88. The summed E-state index contributed by atoms with van der Waals surface area (Å²) in [5.74, 6) is -5.13. The summed E-state index contributed by atoms with van der Waals surface area (Å²) in [6.07, 6.45) is 0. The van der Waals surface area contributed by atoms with Crippen LogP contribution in [0.2, 0.25) is 5.02 Å². The average molecular weight is 264 g/mol. The SMILES string of the molecule is CC(F)(F)c1ccc(C(CN)C(=O)O)c(Cl)c1. The number of carbonyl (C=O) groups is 1. The maximum absolute atomic E-state index is 13.0. The van der Waals surface area contributed by atoms with E-state index in [2.05, 4.69) is 0 Å². The first kappa shape index (κ1) is 13.9. The van der Waals surface area contributed by atoms with E-state index in [0.717, 1.165) is 19.1 Å². The molecule has 3 nitrogen and oxygen atoms in total. The van der Waals surface area contributed by atoms with E-state index in [1.54, 1.807) is 0 Å². The molecule has 1 aromatic rings. The number of nitrogens with two attached hydrogens (primary N) is 1. The largest absolute Gasteiger partial charge is 0.481 e. The van der Waals surface area contributed by atoms with Gasteiger partial charge >= 0.3 is 5.97 Å². The van der Waals surface area contributed by atoms with Crippen molar-refractivity contribution >= 4 is 17.6 Å². The standard InChI is InChI=1S/C11H12ClF2NO2/c1-11(13,14)6-2-3-7(9(12)4-6)8(5-15)10(16)17/h2-4,8H,5,15H2,1H3,(H,16,17). The number of benzene rings is 1. The van der Waals surface area contributed by atoms with Gasteiger partial charge in [-0.25, -0.2) is 8.78 Å². The number of carboxylic acid groups (broad SMARTS) is 1. The molecule has 3 N–H and O–H groups in total. The van der Waals surface area contributed by atoms with Gasteiger partial charge in [-0.1, -0.05) is 23.7 Å². The zero-order valence-corrected chi connectivity index (χ0v) is 9.84. The average Bonchev–Trinajstić information content (AvgIpc) is 2.19. The van der Waals surface area contributed by atoms with E-state index in [-0.39, 0.29) is 22.7 Å². The van der Waals surface area contributed by atoms with Crippen molar-refractivity contribution in [1.29, 1.82) is 0 Å². The van der Waals surface area contributed by atoms with Crippen LogP contribution in [0.1, 0.15) is 24.0 Å². The lowest BCUT2D eigenvalue weighted by Gasteiger charge is -2.15. The van der Waals surface area contributed by atoms with Gasteiger partial charge in [-0.15, -0.1) is 0 Å². The number of alkyl halides is 2. The predicted molar refractivity (Wildman–Crippen MR) is 60.5 cm³/mol. The Morgan fingerprint density at radius 1 is 1.59 bits per heavy atom. The fraction of sp³-hybridized carbons (Fsp3) is 0.364. The summed E-state index contributed by atoms with van der Waals surface area (Å²) in [5.41, 5.74) is 5.30. The van der Waals surface area contributed by atoms with E-state index in [0.29, 0.717) is 0 Å². The second-order valence-electron chi connectivity index (χ2n) is 3.75. The molecule has 0 aliphatic carbocycles. The minimum Gasteiger partial charge on any atom is -0.481 e. The third kappa shape index (κ3) is 3.14. The van der Waals surface area contributed by atoms with Gasteiger partial charge in [0.1, 0.15) is 0 Å². The van der Waals surface area contributed by atoms with Crippen LogP contribution in [-0.2, 0) is 10.7 Å². The molecule has 0 amide bonds. The lowest BCUT2D eigenvalue weighted by Crippen LogP contribution is -2.21. The Bertz CT molecular complexity index is 432. The number of hydrogen-bond donors (Lipinski definition) is 2. The zero-order chi connectivity index (χ0) is 13.2. The second-order valence-corrected chi connectivity index (χ2v) is 4.16. The molecular formula is C11H12ClF2NO2. The number of carboxylic acids is 1. The molecular weight excluding hydrogens is 252 g/mol. The van der Waals surface area contributed by atoms with Crippen molar-refractivity contribution in [3.8, 4) is 0 Å². The van der Waals surface area contributed by atoms with Crippen LogP contribution in [0.4, 0.5) is 8.78 Å². The zero-order valence-electron chi connectivity index (χ0n) is 9.08. The Morgan fingerprint density at radius 2 is 2.18 bits per heavy atom. The van der Waals surface area contributed by atoms with E-state index >= 15 is 0 Å². The Morgan fingerprint density at radius 3 is 2.53 bits per heavy atom. The van der Waals surface area contributed by atoms with E-state index in [4.69, 9.17) is 22.4 Å². The molecule has 1 atom stereocenters. The molecule has 1 rings (SSSR count). The van der Waals surface area contributed by atoms with Crippen molar-refractivity contribution < 1.29 is 18.7 Å². The summed E-state index contributed by atoms with van der Waals surface area (Å²) in [6.45, 7) is 0.604. The van der Waals surface area contributed by atoms with Gasteiger partial charge in [0.15, 0.2) is 0 Å². The van der Waals surface area contributed by atoms with E-state index in [1.807, 2.05) is 0 Å². The van der Waals surface area contributed by atoms with Gasteiger partial charge in [0.25, 0.3) is 5.92 Å². The molecule has 6 heteroatoms. The third-order valence-electron chi connectivity index (χ3n) is 2.42. The van der Waals surface area contributed by atoms with Crippen molar-refractivity contribution in [3.05, 3.63) is 34.3 Å². The Labute approximate surface area is 102 Å². The van der Waals surface area contributed by atoms with Gasteiger partial charge in [0, 0.05) is 24.1 Å². The number of hydrogen-bond acceptors (Lipinski definition) is 2. The summed E-state index contributed by atoms with van der Waals surface area (Å²) in [7, 11) is 0. The molecule has 17 heavy (non-hydrogen) atoms. The van der Waals surface area contributed by atoms with E-state index in [1.165, 1.54) is 6.07 Å². The quantitative estimate of drug-likeness (QED) is 0.878. The smallest absolute Gasteiger partial charge is 0.312 e. The van der Waals surface area contributed by atoms with Gasteiger partial charge in [-0.2, -0.15) is 0 Å². The highest BCUT2D eigenvalue weighted by Gasteiger charge is 2.27. The van der Waals surface area contributed by atoms with Crippen LogP contribution in [-0.4, -0.2) is 17.6 Å². The molecule has 0 heterocycles. The minimum absolute atomic E-state index is 0.0122. The Hall–Kier alpha value is -1.20. The van der Waals surface area contributed by atoms with E-state index in [9.17, 15) is 13.6 Å². The number of rotatable bonds is 4. The highest BCUT2D eigenvalue weighted by Crippen LogP contribution is 2.32. The monoisotopic (exact) mass is 263 g/mol. The lowest BCUT2D eigenvalue weighted by molar-refractivity contribution is -0.138. The molecule has 0 aliphatic rings. The minimum atomic E-state index is -3.01. The Kier molecular flexibility index (Phi) is 4.06. The molecule has 0 saturated carbocycles. The molecule has 0 aromatic heterocycles. The maximum atomic E-state index is 13.0. The van der Waals surface area contributed by atoms with Crippen LogP contribution in [0.25, 0.3) is 0 Å². The molecule has 0 fully saturated rings. The van der Waals surface area contributed by atoms with Crippen LogP contribution in [0.15, 0.2) is 18.2 Å². The number of aliphatic carboxylic acids is 1. The fourth-order valence-electron chi connectivity index (χ4n) is 1.44. The van der Waals surface area contributed by atoms with E-state index < -0.39 is 17.8 Å². The molecule has 94 valence electrons. The van der Waals surface area contributed by atoms with Crippen molar-refractivity contribution in [1.82, 2.24) is 0 Å².